The zero-order valence-electron chi connectivity index (χ0n) is 22.0. The van der Waals surface area contributed by atoms with E-state index in [0.717, 1.165) is 21.7 Å². The topological polar surface area (TPSA) is 110 Å². The molecule has 4 rings (SSSR count). The second-order valence-corrected chi connectivity index (χ2v) is 11.5. The number of alkyl halides is 1. The Morgan fingerprint density at radius 3 is 2.63 bits per heavy atom. The van der Waals surface area contributed by atoms with Gasteiger partial charge in [0, 0.05) is 18.3 Å². The van der Waals surface area contributed by atoms with Gasteiger partial charge in [0.1, 0.15) is 12.1 Å². The summed E-state index contributed by atoms with van der Waals surface area (Å²) in [6.45, 7) is 8.36. The van der Waals surface area contributed by atoms with Gasteiger partial charge in [0.15, 0.2) is 5.75 Å². The molecule has 2 amide bonds. The van der Waals surface area contributed by atoms with Crippen LogP contribution in [0.15, 0.2) is 42.2 Å². The molecule has 4 atom stereocenters. The highest BCUT2D eigenvalue weighted by Crippen LogP contribution is 2.30. The molecule has 3 aromatic rings. The first-order chi connectivity index (χ1) is 18.2. The second-order valence-electron chi connectivity index (χ2n) is 9.90. The standard InChI is InChI=1S/C27H34BrN5O4S/c1-16(2)24(33-14-22(12-30-33)37-10-9-28)27(36)32-13-21(34)11-23(32)26(35)31-17(3)19-5-7-20(8-6-19)25-18(4)29-15-38-25/h5-8,12,14-17,21,23-24,34H,9-11,13H2,1-4H3,(H,31,35)/t17?,21-,23+,24?/m1/s1. The molecule has 0 aliphatic carbocycles. The van der Waals surface area contributed by atoms with Crippen LogP contribution < -0.4 is 10.1 Å². The summed E-state index contributed by atoms with van der Waals surface area (Å²) < 4.78 is 7.19. The molecule has 2 unspecified atom stereocenters. The lowest BCUT2D eigenvalue weighted by molar-refractivity contribution is -0.142. The van der Waals surface area contributed by atoms with Crippen molar-refractivity contribution in [2.75, 3.05) is 18.5 Å². The molecule has 1 saturated heterocycles. The summed E-state index contributed by atoms with van der Waals surface area (Å²) in [5, 5.41) is 18.5. The van der Waals surface area contributed by atoms with Crippen molar-refractivity contribution in [2.45, 2.75) is 58.3 Å². The van der Waals surface area contributed by atoms with Gasteiger partial charge in [-0.2, -0.15) is 5.10 Å². The predicted molar refractivity (Wildman–Crippen MR) is 150 cm³/mol. The molecule has 3 heterocycles. The number of carbonyl (C=O) groups is 2. The molecule has 1 aromatic carbocycles. The molecule has 2 aromatic heterocycles. The minimum absolute atomic E-state index is 0.0903. The number of amides is 2. The number of nitrogens with zero attached hydrogens (tertiary/aromatic N) is 4. The van der Waals surface area contributed by atoms with Crippen molar-refractivity contribution in [2.24, 2.45) is 5.92 Å². The Morgan fingerprint density at radius 1 is 1.26 bits per heavy atom. The third-order valence-electron chi connectivity index (χ3n) is 6.74. The molecule has 0 spiro atoms. The molecule has 9 nitrogen and oxygen atoms in total. The van der Waals surface area contributed by atoms with E-state index < -0.39 is 18.2 Å². The first-order valence-electron chi connectivity index (χ1n) is 12.7. The largest absolute Gasteiger partial charge is 0.489 e. The average molecular weight is 605 g/mol. The minimum Gasteiger partial charge on any atom is -0.489 e. The van der Waals surface area contributed by atoms with Gasteiger partial charge in [-0.15, -0.1) is 11.3 Å². The van der Waals surface area contributed by atoms with Crippen molar-refractivity contribution in [1.29, 1.82) is 0 Å². The summed E-state index contributed by atoms with van der Waals surface area (Å²) in [6.07, 6.45) is 2.71. The fourth-order valence-corrected chi connectivity index (χ4v) is 5.75. The SMILES string of the molecule is Cc1ncsc1-c1ccc(C(C)NC(=O)[C@@H]2C[C@@H](O)CN2C(=O)C(C(C)C)n2cc(OCCBr)cn2)cc1. The smallest absolute Gasteiger partial charge is 0.248 e. The van der Waals surface area contributed by atoms with Crippen LogP contribution in [0.3, 0.4) is 0 Å². The molecule has 1 aliphatic heterocycles. The lowest BCUT2D eigenvalue weighted by atomic mass is 10.0. The van der Waals surface area contributed by atoms with E-state index >= 15 is 0 Å². The summed E-state index contributed by atoms with van der Waals surface area (Å²) in [5.74, 6) is -0.0469. The number of aliphatic hydroxyl groups excluding tert-OH is 1. The number of hydrogen-bond donors (Lipinski definition) is 2. The average Bonchev–Trinajstić information content (AvgIpc) is 3.62. The number of likely N-dealkylation sites (tertiary alicyclic amines) is 1. The van der Waals surface area contributed by atoms with E-state index in [1.807, 2.05) is 57.5 Å². The van der Waals surface area contributed by atoms with Crippen LogP contribution in [0.1, 0.15) is 50.5 Å². The van der Waals surface area contributed by atoms with Crippen molar-refractivity contribution >= 4 is 39.1 Å². The molecular formula is C27H34BrN5O4S. The number of rotatable bonds is 10. The third kappa shape index (κ3) is 6.27. The van der Waals surface area contributed by atoms with Crippen molar-refractivity contribution in [3.63, 3.8) is 0 Å². The second kappa shape index (κ2) is 12.4. The van der Waals surface area contributed by atoms with E-state index in [1.54, 1.807) is 28.4 Å². The number of aliphatic hydroxyl groups is 1. The Kier molecular flexibility index (Phi) is 9.22. The number of β-amino-alcohol motifs (C(OH)–C–C–N with tert-alkyl or cyclic N) is 1. The van der Waals surface area contributed by atoms with Crippen LogP contribution in [0.25, 0.3) is 10.4 Å². The number of halogens is 1. The van der Waals surface area contributed by atoms with Gasteiger partial charge in [0.05, 0.1) is 47.2 Å². The van der Waals surface area contributed by atoms with E-state index in [2.05, 4.69) is 31.3 Å². The number of hydrogen-bond acceptors (Lipinski definition) is 7. The van der Waals surface area contributed by atoms with E-state index in [-0.39, 0.29) is 36.7 Å². The zero-order chi connectivity index (χ0) is 27.4. The maximum Gasteiger partial charge on any atom is 0.248 e. The first kappa shape index (κ1) is 28.3. The number of thiazole rings is 1. The van der Waals surface area contributed by atoms with Gasteiger partial charge in [0.2, 0.25) is 11.8 Å². The van der Waals surface area contributed by atoms with Crippen molar-refractivity contribution in [3.05, 3.63) is 53.4 Å². The number of ether oxygens (including phenoxy) is 1. The maximum atomic E-state index is 13.7. The molecule has 0 radical (unpaired) electrons. The van der Waals surface area contributed by atoms with E-state index in [1.165, 1.54) is 4.90 Å². The van der Waals surface area contributed by atoms with Crippen LogP contribution >= 0.6 is 27.3 Å². The highest BCUT2D eigenvalue weighted by molar-refractivity contribution is 9.09. The van der Waals surface area contributed by atoms with Crippen LogP contribution in [-0.2, 0) is 9.59 Å². The highest BCUT2D eigenvalue weighted by atomic mass is 79.9. The van der Waals surface area contributed by atoms with Gasteiger partial charge in [0.25, 0.3) is 0 Å². The third-order valence-corrected chi connectivity index (χ3v) is 8.04. The maximum absolute atomic E-state index is 13.7. The van der Waals surface area contributed by atoms with Crippen molar-refractivity contribution in [3.8, 4) is 16.2 Å². The number of carbonyl (C=O) groups excluding carboxylic acids is 2. The predicted octanol–water partition coefficient (Wildman–Crippen LogP) is 4.13. The van der Waals surface area contributed by atoms with E-state index in [4.69, 9.17) is 4.74 Å². The van der Waals surface area contributed by atoms with Gasteiger partial charge >= 0.3 is 0 Å². The summed E-state index contributed by atoms with van der Waals surface area (Å²) in [6, 6.07) is 6.38. The Morgan fingerprint density at radius 2 is 2.00 bits per heavy atom. The Balaban J connectivity index is 1.46. The molecule has 38 heavy (non-hydrogen) atoms. The first-order valence-corrected chi connectivity index (χ1v) is 14.7. The molecule has 2 N–H and O–H groups in total. The molecule has 0 bridgehead atoms. The van der Waals surface area contributed by atoms with Crippen molar-refractivity contribution in [1.82, 2.24) is 25.0 Å². The number of aryl methyl sites for hydroxylation is 1. The monoisotopic (exact) mass is 603 g/mol. The number of benzene rings is 1. The summed E-state index contributed by atoms with van der Waals surface area (Å²) in [4.78, 5) is 34.0. The van der Waals surface area contributed by atoms with Crippen LogP contribution in [0.2, 0.25) is 0 Å². The lowest BCUT2D eigenvalue weighted by Gasteiger charge is -2.30. The Labute approximate surface area is 235 Å². The number of aromatic nitrogens is 3. The fourth-order valence-electron chi connectivity index (χ4n) is 4.78. The zero-order valence-corrected chi connectivity index (χ0v) is 24.4. The van der Waals surface area contributed by atoms with Crippen LogP contribution in [-0.4, -0.2) is 67.2 Å². The van der Waals surface area contributed by atoms with Crippen LogP contribution in [0.5, 0.6) is 5.75 Å². The quantitative estimate of drug-likeness (QED) is 0.337. The van der Waals surface area contributed by atoms with Gasteiger partial charge in [-0.1, -0.05) is 54.0 Å². The minimum atomic E-state index is -0.768. The van der Waals surface area contributed by atoms with Crippen molar-refractivity contribution < 1.29 is 19.4 Å². The molecule has 204 valence electrons. The van der Waals surface area contributed by atoms with Gasteiger partial charge < -0.3 is 20.1 Å². The summed E-state index contributed by atoms with van der Waals surface area (Å²) in [7, 11) is 0. The fraction of sp³-hybridized carbons (Fsp3) is 0.481. The highest BCUT2D eigenvalue weighted by Gasteiger charge is 2.42. The van der Waals surface area contributed by atoms with E-state index in [0.29, 0.717) is 17.7 Å². The van der Waals surface area contributed by atoms with Crippen LogP contribution in [0, 0.1) is 12.8 Å². The van der Waals surface area contributed by atoms with Crippen LogP contribution in [0.4, 0.5) is 0 Å². The lowest BCUT2D eigenvalue weighted by Crippen LogP contribution is -2.49. The van der Waals surface area contributed by atoms with Gasteiger partial charge in [-0.3, -0.25) is 14.3 Å². The van der Waals surface area contributed by atoms with E-state index in [9.17, 15) is 14.7 Å². The Bertz CT molecular complexity index is 1240. The molecular weight excluding hydrogens is 570 g/mol. The number of nitrogens with one attached hydrogen (secondary N) is 1. The normalized spacial score (nSPS) is 19.0. The summed E-state index contributed by atoms with van der Waals surface area (Å²) in [5.41, 5.74) is 4.86. The molecule has 11 heteroatoms. The summed E-state index contributed by atoms with van der Waals surface area (Å²) >= 11 is 4.93. The Hall–Kier alpha value is -2.76. The molecule has 1 aliphatic rings. The van der Waals surface area contributed by atoms with Gasteiger partial charge in [-0.05, 0) is 30.9 Å². The molecule has 0 saturated carbocycles. The van der Waals surface area contributed by atoms with Gasteiger partial charge in [-0.25, -0.2) is 4.98 Å². The molecule has 1 fully saturated rings.